The number of nitrogens with two attached hydrogens (primary N) is 1. The van der Waals surface area contributed by atoms with Gasteiger partial charge in [-0.05, 0) is 13.0 Å². The highest BCUT2D eigenvalue weighted by atomic mass is 16.3. The van der Waals surface area contributed by atoms with Gasteiger partial charge in [0.2, 0.25) is 0 Å². The van der Waals surface area contributed by atoms with E-state index in [2.05, 4.69) is 35.6 Å². The maximum Gasteiger partial charge on any atom is 0.138 e. The van der Waals surface area contributed by atoms with E-state index in [1.165, 1.54) is 0 Å². The Balaban J connectivity index is 2.37. The van der Waals surface area contributed by atoms with Crippen molar-refractivity contribution in [2.24, 2.45) is 0 Å². The molecule has 5 nitrogen and oxygen atoms in total. The second kappa shape index (κ2) is 5.15. The summed E-state index contributed by atoms with van der Waals surface area (Å²) >= 11 is 0. The van der Waals surface area contributed by atoms with E-state index < -0.39 is 0 Å². The number of nitrogens with zero attached hydrogens (tertiary/aromatic N) is 3. The summed E-state index contributed by atoms with van der Waals surface area (Å²) in [4.78, 5) is 11.2. The van der Waals surface area contributed by atoms with Gasteiger partial charge in [0.05, 0.1) is 12.5 Å². The smallest absolute Gasteiger partial charge is 0.138 e. The average Bonchev–Trinajstić information content (AvgIpc) is 2.83. The average molecular weight is 274 g/mol. The lowest BCUT2D eigenvalue weighted by Crippen LogP contribution is -2.24. The fourth-order valence-corrected chi connectivity index (χ4v) is 1.96. The maximum atomic E-state index is 6.03. The van der Waals surface area contributed by atoms with Crippen LogP contribution in [0.5, 0.6) is 0 Å². The SMILES string of the molecule is Cc1c(N)nc(C(C)(C)C)nc1N(C)Cc1ccoc1. The van der Waals surface area contributed by atoms with Gasteiger partial charge in [0.25, 0.3) is 0 Å². The zero-order valence-electron chi connectivity index (χ0n) is 12.8. The monoisotopic (exact) mass is 274 g/mol. The van der Waals surface area contributed by atoms with E-state index >= 15 is 0 Å². The van der Waals surface area contributed by atoms with E-state index in [0.29, 0.717) is 5.82 Å². The third-order valence-corrected chi connectivity index (χ3v) is 3.19. The molecule has 5 heteroatoms. The molecule has 0 aromatic carbocycles. The van der Waals surface area contributed by atoms with Crippen LogP contribution in [-0.2, 0) is 12.0 Å². The van der Waals surface area contributed by atoms with Crippen molar-refractivity contribution in [3.05, 3.63) is 35.5 Å². The Hall–Kier alpha value is -2.04. The van der Waals surface area contributed by atoms with E-state index in [4.69, 9.17) is 10.2 Å². The van der Waals surface area contributed by atoms with Crippen LogP contribution < -0.4 is 10.6 Å². The van der Waals surface area contributed by atoms with E-state index in [1.807, 2.05) is 20.0 Å². The Morgan fingerprint density at radius 3 is 2.55 bits per heavy atom. The zero-order chi connectivity index (χ0) is 14.9. The molecule has 0 saturated heterocycles. The van der Waals surface area contributed by atoms with Gasteiger partial charge >= 0.3 is 0 Å². The summed E-state index contributed by atoms with van der Waals surface area (Å²) in [5.74, 6) is 2.16. The summed E-state index contributed by atoms with van der Waals surface area (Å²) in [5.41, 5.74) is 7.91. The highest BCUT2D eigenvalue weighted by Crippen LogP contribution is 2.27. The summed E-state index contributed by atoms with van der Waals surface area (Å²) in [7, 11) is 1.99. The first-order valence-electron chi connectivity index (χ1n) is 6.66. The normalized spacial score (nSPS) is 11.7. The molecule has 2 rings (SSSR count). The van der Waals surface area contributed by atoms with Crippen LogP contribution in [-0.4, -0.2) is 17.0 Å². The molecule has 0 saturated carbocycles. The Bertz CT molecular complexity index is 585. The quantitative estimate of drug-likeness (QED) is 0.932. The van der Waals surface area contributed by atoms with Crippen molar-refractivity contribution in [3.63, 3.8) is 0 Å². The third kappa shape index (κ3) is 2.92. The standard InChI is InChI=1S/C15H22N4O/c1-10-12(16)17-14(15(2,3)4)18-13(10)19(5)8-11-6-7-20-9-11/h6-7,9H,8H2,1-5H3,(H2,16,17,18). The van der Waals surface area contributed by atoms with Crippen LogP contribution in [0.1, 0.15) is 37.7 Å². The molecule has 20 heavy (non-hydrogen) atoms. The lowest BCUT2D eigenvalue weighted by Gasteiger charge is -2.24. The lowest BCUT2D eigenvalue weighted by atomic mass is 9.95. The summed E-state index contributed by atoms with van der Waals surface area (Å²) in [6.07, 6.45) is 3.41. The van der Waals surface area contributed by atoms with Crippen molar-refractivity contribution < 1.29 is 4.42 Å². The molecule has 0 aliphatic rings. The van der Waals surface area contributed by atoms with Crippen LogP contribution in [0, 0.1) is 6.92 Å². The number of hydrogen-bond acceptors (Lipinski definition) is 5. The predicted octanol–water partition coefficient (Wildman–Crippen LogP) is 2.89. The molecule has 0 radical (unpaired) electrons. The van der Waals surface area contributed by atoms with Crippen molar-refractivity contribution in [2.75, 3.05) is 17.7 Å². The maximum absolute atomic E-state index is 6.03. The highest BCUT2D eigenvalue weighted by molar-refractivity contribution is 5.56. The lowest BCUT2D eigenvalue weighted by molar-refractivity contribution is 0.544. The molecule has 108 valence electrons. The predicted molar refractivity (Wildman–Crippen MR) is 80.7 cm³/mol. The summed E-state index contributed by atoms with van der Waals surface area (Å²) in [5, 5.41) is 0. The van der Waals surface area contributed by atoms with Crippen LogP contribution in [0.25, 0.3) is 0 Å². The second-order valence-electron chi connectivity index (χ2n) is 6.12. The Morgan fingerprint density at radius 1 is 1.30 bits per heavy atom. The molecule has 2 N–H and O–H groups in total. The minimum absolute atomic E-state index is 0.132. The summed E-state index contributed by atoms with van der Waals surface area (Å²) in [6.45, 7) is 8.91. The van der Waals surface area contributed by atoms with Crippen LogP contribution in [0.15, 0.2) is 23.0 Å². The zero-order valence-corrected chi connectivity index (χ0v) is 12.8. The second-order valence-corrected chi connectivity index (χ2v) is 6.12. The fourth-order valence-electron chi connectivity index (χ4n) is 1.96. The van der Waals surface area contributed by atoms with Crippen molar-refractivity contribution in [2.45, 2.75) is 39.7 Å². The van der Waals surface area contributed by atoms with Crippen LogP contribution in [0.3, 0.4) is 0 Å². The fraction of sp³-hybridized carbons (Fsp3) is 0.467. The summed E-state index contributed by atoms with van der Waals surface area (Å²) in [6, 6.07) is 1.95. The first kappa shape index (κ1) is 14.4. The minimum Gasteiger partial charge on any atom is -0.472 e. The molecule has 0 fully saturated rings. The Morgan fingerprint density at radius 2 is 2.00 bits per heavy atom. The topological polar surface area (TPSA) is 68.2 Å². The molecule has 0 bridgehead atoms. The number of hydrogen-bond donors (Lipinski definition) is 1. The van der Waals surface area contributed by atoms with Crippen molar-refractivity contribution >= 4 is 11.6 Å². The van der Waals surface area contributed by atoms with Gasteiger partial charge in [-0.25, -0.2) is 9.97 Å². The van der Waals surface area contributed by atoms with Crippen LogP contribution in [0.2, 0.25) is 0 Å². The number of rotatable bonds is 3. The molecule has 0 unspecified atom stereocenters. The van der Waals surface area contributed by atoms with Crippen molar-refractivity contribution in [1.82, 2.24) is 9.97 Å². The first-order valence-corrected chi connectivity index (χ1v) is 6.66. The van der Waals surface area contributed by atoms with Gasteiger partial charge in [-0.3, -0.25) is 0 Å². The van der Waals surface area contributed by atoms with Gasteiger partial charge in [-0.1, -0.05) is 20.8 Å². The van der Waals surface area contributed by atoms with Crippen molar-refractivity contribution in [1.29, 1.82) is 0 Å². The summed E-state index contributed by atoms with van der Waals surface area (Å²) < 4.78 is 5.10. The van der Waals surface area contributed by atoms with Gasteiger partial charge in [0, 0.05) is 30.1 Å². The van der Waals surface area contributed by atoms with Crippen molar-refractivity contribution in [3.8, 4) is 0 Å². The molecular weight excluding hydrogens is 252 g/mol. The molecule has 0 spiro atoms. The molecular formula is C15H22N4O. The van der Waals surface area contributed by atoms with Gasteiger partial charge < -0.3 is 15.1 Å². The van der Waals surface area contributed by atoms with Gasteiger partial charge in [0.1, 0.15) is 17.5 Å². The molecule has 0 amide bonds. The van der Waals surface area contributed by atoms with Gasteiger partial charge in [-0.15, -0.1) is 0 Å². The first-order chi connectivity index (χ1) is 9.29. The van der Waals surface area contributed by atoms with Gasteiger partial charge in [0.15, 0.2) is 0 Å². The highest BCUT2D eigenvalue weighted by Gasteiger charge is 2.21. The largest absolute Gasteiger partial charge is 0.472 e. The Kier molecular flexibility index (Phi) is 3.70. The number of nitrogen functional groups attached to an aromatic ring is 1. The van der Waals surface area contributed by atoms with Crippen LogP contribution in [0.4, 0.5) is 11.6 Å². The molecule has 0 aliphatic heterocycles. The van der Waals surface area contributed by atoms with E-state index in [1.54, 1.807) is 12.5 Å². The van der Waals surface area contributed by atoms with E-state index in [0.717, 1.165) is 29.3 Å². The van der Waals surface area contributed by atoms with E-state index in [-0.39, 0.29) is 5.41 Å². The Labute approximate surface area is 119 Å². The number of furan rings is 1. The number of aromatic nitrogens is 2. The molecule has 2 aromatic rings. The molecule has 0 aliphatic carbocycles. The van der Waals surface area contributed by atoms with E-state index in [9.17, 15) is 0 Å². The molecule has 2 aromatic heterocycles. The van der Waals surface area contributed by atoms with Gasteiger partial charge in [-0.2, -0.15) is 0 Å². The van der Waals surface area contributed by atoms with Crippen LogP contribution >= 0.6 is 0 Å². The number of anilines is 2. The third-order valence-electron chi connectivity index (χ3n) is 3.19. The minimum atomic E-state index is -0.132. The molecule has 0 atom stereocenters. The molecule has 2 heterocycles.